The van der Waals surface area contributed by atoms with E-state index in [2.05, 4.69) is 25.8 Å². The van der Waals surface area contributed by atoms with Crippen LogP contribution in [0.2, 0.25) is 0 Å². The highest BCUT2D eigenvalue weighted by Crippen LogP contribution is 2.18. The van der Waals surface area contributed by atoms with Gasteiger partial charge in [-0.15, -0.1) is 0 Å². The molecule has 1 aromatic rings. The Hall–Kier alpha value is -0.570. The van der Waals surface area contributed by atoms with E-state index in [9.17, 15) is 12.8 Å². The van der Waals surface area contributed by atoms with Gasteiger partial charge in [-0.1, -0.05) is 15.9 Å². The van der Waals surface area contributed by atoms with Gasteiger partial charge in [0.1, 0.15) is 0 Å². The van der Waals surface area contributed by atoms with Crippen molar-refractivity contribution in [2.24, 2.45) is 0 Å². The van der Waals surface area contributed by atoms with E-state index in [0.29, 0.717) is 19.6 Å². The standard InChI is InChI=1S/C12H17BrFN3O2S/c13-4-8-16-6-2-7-17(10-9-16)20(18,19)12-11(14)3-1-5-15-12/h1,3,5H,2,4,6-10H2. The molecule has 0 saturated carbocycles. The Morgan fingerprint density at radius 1 is 1.30 bits per heavy atom. The summed E-state index contributed by atoms with van der Waals surface area (Å²) in [4.78, 5) is 5.88. The molecule has 0 atom stereocenters. The van der Waals surface area contributed by atoms with Gasteiger partial charge in [-0.3, -0.25) is 0 Å². The molecule has 20 heavy (non-hydrogen) atoms. The Morgan fingerprint density at radius 3 is 2.80 bits per heavy atom. The first-order chi connectivity index (χ1) is 9.55. The Bertz CT molecular complexity index is 555. The summed E-state index contributed by atoms with van der Waals surface area (Å²) in [7, 11) is -3.85. The molecule has 1 aromatic heterocycles. The molecule has 0 aromatic carbocycles. The van der Waals surface area contributed by atoms with Crippen LogP contribution in [0.15, 0.2) is 23.4 Å². The second kappa shape index (κ2) is 6.93. The minimum Gasteiger partial charge on any atom is -0.301 e. The van der Waals surface area contributed by atoms with Crippen molar-refractivity contribution in [3.8, 4) is 0 Å². The van der Waals surface area contributed by atoms with Gasteiger partial charge in [0.15, 0.2) is 5.82 Å². The molecule has 0 unspecified atom stereocenters. The molecule has 0 N–H and O–H groups in total. The fourth-order valence-corrected chi connectivity index (χ4v) is 4.16. The molecule has 2 rings (SSSR count). The molecule has 112 valence electrons. The number of alkyl halides is 1. The molecular formula is C12H17BrFN3O2S. The predicted molar refractivity (Wildman–Crippen MR) is 77.8 cm³/mol. The van der Waals surface area contributed by atoms with Gasteiger partial charge in [-0.05, 0) is 25.1 Å². The fourth-order valence-electron chi connectivity index (χ4n) is 2.21. The van der Waals surface area contributed by atoms with Crippen LogP contribution in [-0.2, 0) is 10.0 Å². The summed E-state index contributed by atoms with van der Waals surface area (Å²) in [6.45, 7) is 3.15. The highest BCUT2D eigenvalue weighted by Gasteiger charge is 2.30. The molecule has 5 nitrogen and oxygen atoms in total. The lowest BCUT2D eigenvalue weighted by Gasteiger charge is -2.20. The Morgan fingerprint density at radius 2 is 2.10 bits per heavy atom. The molecule has 1 fully saturated rings. The van der Waals surface area contributed by atoms with Crippen LogP contribution in [0.3, 0.4) is 0 Å². The largest absolute Gasteiger partial charge is 0.301 e. The van der Waals surface area contributed by atoms with Gasteiger partial charge in [0.05, 0.1) is 0 Å². The summed E-state index contributed by atoms with van der Waals surface area (Å²) < 4.78 is 39.8. The van der Waals surface area contributed by atoms with E-state index >= 15 is 0 Å². The number of hydrogen-bond donors (Lipinski definition) is 0. The van der Waals surface area contributed by atoms with Gasteiger partial charge in [0, 0.05) is 37.7 Å². The van der Waals surface area contributed by atoms with Crippen LogP contribution in [0.1, 0.15) is 6.42 Å². The highest BCUT2D eigenvalue weighted by molar-refractivity contribution is 9.09. The van der Waals surface area contributed by atoms with Crippen LogP contribution in [-0.4, -0.2) is 60.7 Å². The number of pyridine rings is 1. The predicted octanol–water partition coefficient (Wildman–Crippen LogP) is 1.31. The van der Waals surface area contributed by atoms with Crippen molar-refractivity contribution < 1.29 is 12.8 Å². The minimum absolute atomic E-state index is 0.366. The van der Waals surface area contributed by atoms with Gasteiger partial charge < -0.3 is 4.90 Å². The molecule has 0 aliphatic carbocycles. The zero-order chi connectivity index (χ0) is 14.6. The first-order valence-corrected chi connectivity index (χ1v) is 9.01. The maximum absolute atomic E-state index is 13.7. The van der Waals surface area contributed by atoms with Crippen molar-refractivity contribution in [2.75, 3.05) is 38.1 Å². The van der Waals surface area contributed by atoms with E-state index < -0.39 is 20.9 Å². The van der Waals surface area contributed by atoms with Crippen LogP contribution in [0.4, 0.5) is 4.39 Å². The normalized spacial score (nSPS) is 18.9. The summed E-state index contributed by atoms with van der Waals surface area (Å²) in [6, 6.07) is 2.50. The van der Waals surface area contributed by atoms with Gasteiger partial charge in [0.2, 0.25) is 5.03 Å². The zero-order valence-corrected chi connectivity index (χ0v) is 13.4. The van der Waals surface area contributed by atoms with E-state index in [1.165, 1.54) is 16.6 Å². The Labute approximate surface area is 127 Å². The average molecular weight is 366 g/mol. The third-order valence-corrected chi connectivity index (χ3v) is 5.45. The Balaban J connectivity index is 2.16. The monoisotopic (exact) mass is 365 g/mol. The summed E-state index contributed by atoms with van der Waals surface area (Å²) >= 11 is 3.38. The van der Waals surface area contributed by atoms with E-state index in [4.69, 9.17) is 0 Å². The summed E-state index contributed by atoms with van der Waals surface area (Å²) in [6.07, 6.45) is 2.03. The number of sulfonamides is 1. The van der Waals surface area contributed by atoms with Crippen LogP contribution >= 0.6 is 15.9 Å². The summed E-state index contributed by atoms with van der Waals surface area (Å²) in [5, 5.41) is 0.378. The maximum Gasteiger partial charge on any atom is 0.263 e. The van der Waals surface area contributed by atoms with Crippen molar-refractivity contribution in [2.45, 2.75) is 11.4 Å². The third kappa shape index (κ3) is 3.55. The average Bonchev–Trinajstić information content (AvgIpc) is 2.65. The smallest absolute Gasteiger partial charge is 0.263 e. The van der Waals surface area contributed by atoms with E-state index in [1.807, 2.05) is 0 Å². The van der Waals surface area contributed by atoms with Crippen molar-refractivity contribution in [3.63, 3.8) is 0 Å². The molecule has 2 heterocycles. The SMILES string of the molecule is O=S(=O)(c1ncccc1F)N1CCCN(CCBr)CC1. The van der Waals surface area contributed by atoms with E-state index in [-0.39, 0.29) is 0 Å². The fraction of sp³-hybridized carbons (Fsp3) is 0.583. The van der Waals surface area contributed by atoms with Crippen molar-refractivity contribution in [1.29, 1.82) is 0 Å². The second-order valence-corrected chi connectivity index (χ2v) is 7.22. The lowest BCUT2D eigenvalue weighted by molar-refractivity contribution is 0.304. The Kier molecular flexibility index (Phi) is 5.48. The lowest BCUT2D eigenvalue weighted by Crippen LogP contribution is -2.36. The summed E-state index contributed by atoms with van der Waals surface area (Å²) in [5.41, 5.74) is 0. The molecule has 0 spiro atoms. The molecule has 1 saturated heterocycles. The zero-order valence-electron chi connectivity index (χ0n) is 11.0. The van der Waals surface area contributed by atoms with Gasteiger partial charge >= 0.3 is 0 Å². The van der Waals surface area contributed by atoms with Crippen molar-refractivity contribution in [1.82, 2.24) is 14.2 Å². The topological polar surface area (TPSA) is 53.5 Å². The molecule has 0 amide bonds. The van der Waals surface area contributed by atoms with Crippen LogP contribution in [0.5, 0.6) is 0 Å². The number of aromatic nitrogens is 1. The van der Waals surface area contributed by atoms with Gasteiger partial charge in [-0.2, -0.15) is 4.31 Å². The third-order valence-electron chi connectivity index (χ3n) is 3.26. The molecule has 1 aliphatic heterocycles. The first-order valence-electron chi connectivity index (χ1n) is 6.44. The van der Waals surface area contributed by atoms with Gasteiger partial charge in [0.25, 0.3) is 10.0 Å². The highest BCUT2D eigenvalue weighted by atomic mass is 79.9. The first kappa shape index (κ1) is 15.8. The molecule has 0 radical (unpaired) electrons. The van der Waals surface area contributed by atoms with Crippen molar-refractivity contribution in [3.05, 3.63) is 24.1 Å². The lowest BCUT2D eigenvalue weighted by atomic mass is 10.4. The van der Waals surface area contributed by atoms with Crippen LogP contribution in [0.25, 0.3) is 0 Å². The van der Waals surface area contributed by atoms with Crippen LogP contribution < -0.4 is 0 Å². The maximum atomic E-state index is 13.7. The van der Waals surface area contributed by atoms with E-state index in [0.717, 1.165) is 30.9 Å². The van der Waals surface area contributed by atoms with Gasteiger partial charge in [-0.25, -0.2) is 17.8 Å². The number of nitrogens with zero attached hydrogens (tertiary/aromatic N) is 3. The quantitative estimate of drug-likeness (QED) is 0.755. The number of hydrogen-bond acceptors (Lipinski definition) is 4. The molecule has 8 heteroatoms. The number of rotatable bonds is 4. The van der Waals surface area contributed by atoms with E-state index in [1.54, 1.807) is 0 Å². The minimum atomic E-state index is -3.85. The molecule has 1 aliphatic rings. The van der Waals surface area contributed by atoms with Crippen LogP contribution in [0, 0.1) is 5.82 Å². The number of halogens is 2. The second-order valence-electron chi connectivity index (χ2n) is 4.58. The molecular weight excluding hydrogens is 349 g/mol. The summed E-state index contributed by atoms with van der Waals surface area (Å²) in [5.74, 6) is -0.797. The molecule has 0 bridgehead atoms. The van der Waals surface area contributed by atoms with Crippen molar-refractivity contribution >= 4 is 26.0 Å².